The van der Waals surface area contributed by atoms with Crippen LogP contribution in [0.4, 0.5) is 0 Å². The lowest BCUT2D eigenvalue weighted by molar-refractivity contribution is 0.551. The van der Waals surface area contributed by atoms with Crippen LogP contribution < -0.4 is 5.32 Å². The highest BCUT2D eigenvalue weighted by atomic mass is 14.9. The summed E-state index contributed by atoms with van der Waals surface area (Å²) in [6.07, 6.45) is 1.45. The molecule has 1 aromatic rings. The zero-order valence-corrected chi connectivity index (χ0v) is 12.2. The maximum atomic E-state index is 8.70. The van der Waals surface area contributed by atoms with Gasteiger partial charge >= 0.3 is 0 Å². The van der Waals surface area contributed by atoms with E-state index < -0.39 is 0 Å². The Morgan fingerprint density at radius 3 is 2.44 bits per heavy atom. The highest BCUT2D eigenvalue weighted by Gasteiger charge is 2.17. The highest BCUT2D eigenvalue weighted by Crippen LogP contribution is 2.28. The number of rotatable bonds is 4. The van der Waals surface area contributed by atoms with E-state index in [1.54, 1.807) is 0 Å². The fourth-order valence-electron chi connectivity index (χ4n) is 2.20. The van der Waals surface area contributed by atoms with Crippen LogP contribution in [-0.4, -0.2) is 7.05 Å². The first-order valence-corrected chi connectivity index (χ1v) is 6.55. The van der Waals surface area contributed by atoms with Crippen molar-refractivity contribution >= 4 is 0 Å². The Morgan fingerprint density at radius 2 is 2.00 bits per heavy atom. The van der Waals surface area contributed by atoms with E-state index in [1.807, 2.05) is 7.05 Å². The Balaban J connectivity index is 3.01. The standard InChI is InChI=1S/C16H24N2/c1-12-11-13(16(2,3)4)8-9-14(12)15(18-5)7-6-10-17/h8-9,11,15,18H,6-7H2,1-5H3. The van der Waals surface area contributed by atoms with Gasteiger partial charge in [0.2, 0.25) is 0 Å². The van der Waals surface area contributed by atoms with E-state index in [-0.39, 0.29) is 11.5 Å². The molecule has 1 atom stereocenters. The Hall–Kier alpha value is -1.33. The van der Waals surface area contributed by atoms with Gasteiger partial charge < -0.3 is 5.32 Å². The smallest absolute Gasteiger partial charge is 0.0622 e. The first-order chi connectivity index (χ1) is 8.40. The summed E-state index contributed by atoms with van der Waals surface area (Å²) in [5, 5.41) is 12.0. The summed E-state index contributed by atoms with van der Waals surface area (Å²) in [7, 11) is 1.96. The Labute approximate surface area is 111 Å². The second kappa shape index (κ2) is 6.02. The minimum Gasteiger partial charge on any atom is -0.313 e. The third-order valence-electron chi connectivity index (χ3n) is 3.40. The number of benzene rings is 1. The largest absolute Gasteiger partial charge is 0.313 e. The molecule has 1 N–H and O–H groups in total. The van der Waals surface area contributed by atoms with Crippen molar-refractivity contribution < 1.29 is 0 Å². The maximum absolute atomic E-state index is 8.70. The van der Waals surface area contributed by atoms with Crippen molar-refractivity contribution in [2.24, 2.45) is 0 Å². The lowest BCUT2D eigenvalue weighted by Crippen LogP contribution is -2.18. The molecule has 0 fully saturated rings. The zero-order chi connectivity index (χ0) is 13.8. The molecule has 98 valence electrons. The number of aryl methyl sites for hydroxylation is 1. The molecule has 0 aliphatic heterocycles. The van der Waals surface area contributed by atoms with Gasteiger partial charge in [-0.3, -0.25) is 0 Å². The molecule has 0 aliphatic rings. The van der Waals surface area contributed by atoms with Crippen LogP contribution in [0.1, 0.15) is 56.3 Å². The summed E-state index contributed by atoms with van der Waals surface area (Å²) in [5.41, 5.74) is 4.16. The molecule has 0 aliphatic carbocycles. The molecule has 1 rings (SSSR count). The normalized spacial score (nSPS) is 13.1. The SMILES string of the molecule is CNC(CCC#N)c1ccc(C(C)(C)C)cc1C. The molecular formula is C16H24N2. The second-order valence-electron chi connectivity index (χ2n) is 5.86. The van der Waals surface area contributed by atoms with E-state index in [1.165, 1.54) is 16.7 Å². The first kappa shape index (κ1) is 14.7. The van der Waals surface area contributed by atoms with Gasteiger partial charge in [0.05, 0.1) is 6.07 Å². The van der Waals surface area contributed by atoms with E-state index in [9.17, 15) is 0 Å². The third-order valence-corrected chi connectivity index (χ3v) is 3.40. The van der Waals surface area contributed by atoms with Crippen molar-refractivity contribution in [3.8, 4) is 6.07 Å². The van der Waals surface area contributed by atoms with Crippen molar-refractivity contribution in [1.29, 1.82) is 5.26 Å². The van der Waals surface area contributed by atoms with E-state index in [0.717, 1.165) is 6.42 Å². The number of nitrogens with zero attached hydrogens (tertiary/aromatic N) is 1. The van der Waals surface area contributed by atoms with Crippen molar-refractivity contribution in [2.45, 2.75) is 52.0 Å². The van der Waals surface area contributed by atoms with Crippen molar-refractivity contribution in [1.82, 2.24) is 5.32 Å². The van der Waals surface area contributed by atoms with Crippen molar-refractivity contribution in [2.75, 3.05) is 7.05 Å². The van der Waals surface area contributed by atoms with Crippen LogP contribution in [-0.2, 0) is 5.41 Å². The number of hydrogen-bond acceptors (Lipinski definition) is 2. The lowest BCUT2D eigenvalue weighted by atomic mass is 9.84. The van der Waals surface area contributed by atoms with Gasteiger partial charge in [0.25, 0.3) is 0 Å². The summed E-state index contributed by atoms with van der Waals surface area (Å²) in [6.45, 7) is 8.84. The molecule has 18 heavy (non-hydrogen) atoms. The van der Waals surface area contributed by atoms with Crippen LogP contribution in [0.15, 0.2) is 18.2 Å². The van der Waals surface area contributed by atoms with Crippen LogP contribution in [0.2, 0.25) is 0 Å². The van der Waals surface area contributed by atoms with Gasteiger partial charge in [0.1, 0.15) is 0 Å². The molecule has 0 aromatic heterocycles. The number of nitriles is 1. The average Bonchev–Trinajstić information content (AvgIpc) is 2.30. The summed E-state index contributed by atoms with van der Waals surface area (Å²) in [4.78, 5) is 0. The minimum atomic E-state index is 0.186. The van der Waals surface area contributed by atoms with Crippen LogP contribution in [0.3, 0.4) is 0 Å². The van der Waals surface area contributed by atoms with E-state index in [4.69, 9.17) is 5.26 Å². The fourth-order valence-corrected chi connectivity index (χ4v) is 2.20. The molecule has 2 nitrogen and oxygen atoms in total. The van der Waals surface area contributed by atoms with Crippen molar-refractivity contribution in [3.05, 3.63) is 34.9 Å². The monoisotopic (exact) mass is 244 g/mol. The van der Waals surface area contributed by atoms with E-state index >= 15 is 0 Å². The number of hydrogen-bond donors (Lipinski definition) is 1. The Bertz CT molecular complexity index is 435. The lowest BCUT2D eigenvalue weighted by Gasteiger charge is -2.23. The first-order valence-electron chi connectivity index (χ1n) is 6.55. The van der Waals surface area contributed by atoms with Crippen LogP contribution >= 0.6 is 0 Å². The van der Waals surface area contributed by atoms with Gasteiger partial charge in [-0.15, -0.1) is 0 Å². The molecule has 0 radical (unpaired) electrons. The molecule has 1 aromatic carbocycles. The number of nitrogens with one attached hydrogen (secondary N) is 1. The quantitative estimate of drug-likeness (QED) is 0.873. The van der Waals surface area contributed by atoms with Gasteiger partial charge in [-0.25, -0.2) is 0 Å². The molecule has 2 heteroatoms. The summed E-state index contributed by atoms with van der Waals surface area (Å²) in [5.74, 6) is 0. The molecule has 0 heterocycles. The molecule has 1 unspecified atom stereocenters. The third kappa shape index (κ3) is 3.58. The minimum absolute atomic E-state index is 0.186. The topological polar surface area (TPSA) is 35.8 Å². The van der Waals surface area contributed by atoms with E-state index in [2.05, 4.69) is 57.3 Å². The zero-order valence-electron chi connectivity index (χ0n) is 12.2. The predicted octanol–water partition coefficient (Wildman–Crippen LogP) is 3.86. The molecule has 0 bridgehead atoms. The maximum Gasteiger partial charge on any atom is 0.0622 e. The van der Waals surface area contributed by atoms with E-state index in [0.29, 0.717) is 6.42 Å². The van der Waals surface area contributed by atoms with Crippen molar-refractivity contribution in [3.63, 3.8) is 0 Å². The fraction of sp³-hybridized carbons (Fsp3) is 0.562. The van der Waals surface area contributed by atoms with Gasteiger partial charge in [-0.1, -0.05) is 39.0 Å². The average molecular weight is 244 g/mol. The molecule has 0 amide bonds. The Kier molecular flexibility index (Phi) is 4.93. The van der Waals surface area contributed by atoms with Gasteiger partial charge in [-0.05, 0) is 42.5 Å². The van der Waals surface area contributed by atoms with Gasteiger partial charge in [-0.2, -0.15) is 5.26 Å². The summed E-state index contributed by atoms with van der Waals surface area (Å²) in [6, 6.07) is 9.17. The molecular weight excluding hydrogens is 220 g/mol. The molecule has 0 saturated carbocycles. The second-order valence-corrected chi connectivity index (χ2v) is 5.86. The van der Waals surface area contributed by atoms with Crippen LogP contribution in [0.5, 0.6) is 0 Å². The highest BCUT2D eigenvalue weighted by molar-refractivity contribution is 5.36. The Morgan fingerprint density at radius 1 is 1.33 bits per heavy atom. The van der Waals surface area contributed by atoms with Crippen LogP contribution in [0.25, 0.3) is 0 Å². The van der Waals surface area contributed by atoms with Gasteiger partial charge in [0.15, 0.2) is 0 Å². The summed E-state index contributed by atoms with van der Waals surface area (Å²) < 4.78 is 0. The predicted molar refractivity (Wildman–Crippen MR) is 76.5 cm³/mol. The molecule has 0 spiro atoms. The van der Waals surface area contributed by atoms with Gasteiger partial charge in [0, 0.05) is 12.5 Å². The molecule has 0 saturated heterocycles. The van der Waals surface area contributed by atoms with Crippen LogP contribution in [0, 0.1) is 18.3 Å². The summed E-state index contributed by atoms with van der Waals surface area (Å²) >= 11 is 0.